The van der Waals surface area contributed by atoms with E-state index in [0.717, 1.165) is 10.9 Å². The summed E-state index contributed by atoms with van der Waals surface area (Å²) in [5.74, 6) is -0.676. The fraction of sp³-hybridized carbons (Fsp3) is 0.150. The maximum Gasteiger partial charge on any atom is 0.257 e. The monoisotopic (exact) mass is 367 g/mol. The lowest BCUT2D eigenvalue weighted by Crippen LogP contribution is -2.15. The van der Waals surface area contributed by atoms with Gasteiger partial charge in [0.2, 0.25) is 5.91 Å². The molecule has 7 heteroatoms. The van der Waals surface area contributed by atoms with Gasteiger partial charge in [0.15, 0.2) is 0 Å². The number of pyridine rings is 1. The van der Waals surface area contributed by atoms with E-state index in [1.807, 2.05) is 6.07 Å². The van der Waals surface area contributed by atoms with Crippen LogP contribution in [0.25, 0.3) is 10.9 Å². The Balaban J connectivity index is 1.90. The number of halogens is 1. The summed E-state index contributed by atoms with van der Waals surface area (Å²) in [4.78, 5) is 28.3. The fourth-order valence-electron chi connectivity index (χ4n) is 2.69. The summed E-state index contributed by atoms with van der Waals surface area (Å²) in [5, 5.41) is 5.88. The molecule has 3 aromatic rings. The third-order valence-corrected chi connectivity index (χ3v) is 3.99. The van der Waals surface area contributed by atoms with Gasteiger partial charge in [-0.3, -0.25) is 14.6 Å². The van der Waals surface area contributed by atoms with Gasteiger partial charge in [-0.2, -0.15) is 0 Å². The summed E-state index contributed by atoms with van der Waals surface area (Å²) in [6.45, 7) is 3.02. The minimum atomic E-state index is -0.583. The van der Waals surface area contributed by atoms with Gasteiger partial charge in [0.1, 0.15) is 11.6 Å². The predicted octanol–water partition coefficient (Wildman–Crippen LogP) is 3.90. The van der Waals surface area contributed by atoms with Crippen molar-refractivity contribution >= 4 is 34.1 Å². The first-order valence-electron chi connectivity index (χ1n) is 8.21. The van der Waals surface area contributed by atoms with Crippen LogP contribution in [0.15, 0.2) is 42.5 Å². The van der Waals surface area contributed by atoms with Crippen molar-refractivity contribution in [2.24, 2.45) is 0 Å². The van der Waals surface area contributed by atoms with Crippen LogP contribution in [0, 0.1) is 12.7 Å². The van der Waals surface area contributed by atoms with Gasteiger partial charge in [-0.05, 0) is 43.3 Å². The number of benzene rings is 2. The van der Waals surface area contributed by atoms with Gasteiger partial charge in [-0.1, -0.05) is 0 Å². The molecule has 2 aromatic carbocycles. The van der Waals surface area contributed by atoms with E-state index in [9.17, 15) is 14.0 Å². The van der Waals surface area contributed by atoms with Crippen molar-refractivity contribution in [3.05, 3.63) is 59.5 Å². The van der Waals surface area contributed by atoms with E-state index in [0.29, 0.717) is 22.7 Å². The van der Waals surface area contributed by atoms with Crippen LogP contribution in [0.3, 0.4) is 0 Å². The van der Waals surface area contributed by atoms with E-state index in [-0.39, 0.29) is 11.6 Å². The maximum absolute atomic E-state index is 13.7. The lowest BCUT2D eigenvalue weighted by Gasteiger charge is -2.11. The number of nitrogens with one attached hydrogen (secondary N) is 2. The highest BCUT2D eigenvalue weighted by atomic mass is 19.1. The van der Waals surface area contributed by atoms with E-state index >= 15 is 0 Å². The van der Waals surface area contributed by atoms with Crippen molar-refractivity contribution in [3.8, 4) is 5.75 Å². The Bertz CT molecular complexity index is 1050. The molecule has 138 valence electrons. The second kappa shape index (κ2) is 7.41. The third-order valence-electron chi connectivity index (χ3n) is 3.99. The zero-order valence-electron chi connectivity index (χ0n) is 15.1. The standard InChI is InChI=1S/C20H18FN3O3/c1-11-16(8-13-4-6-15(27-3)10-18(13)22-11)20(26)24-14-5-7-17(21)19(9-14)23-12(2)25/h4-10H,1-3H3,(H,23,25)(H,24,26). The van der Waals surface area contributed by atoms with Crippen LogP contribution < -0.4 is 15.4 Å². The molecule has 0 saturated carbocycles. The van der Waals surface area contributed by atoms with Gasteiger partial charge < -0.3 is 15.4 Å². The number of aryl methyl sites for hydroxylation is 1. The van der Waals surface area contributed by atoms with Gasteiger partial charge in [0.05, 0.1) is 29.6 Å². The third kappa shape index (κ3) is 4.03. The number of aromatic nitrogens is 1. The quantitative estimate of drug-likeness (QED) is 0.733. The van der Waals surface area contributed by atoms with Crippen LogP contribution in [-0.2, 0) is 4.79 Å². The molecule has 1 heterocycles. The van der Waals surface area contributed by atoms with Crippen molar-refractivity contribution in [1.29, 1.82) is 0 Å². The predicted molar refractivity (Wildman–Crippen MR) is 102 cm³/mol. The first-order valence-corrected chi connectivity index (χ1v) is 8.21. The normalized spacial score (nSPS) is 10.5. The Morgan fingerprint density at radius 3 is 2.56 bits per heavy atom. The molecule has 3 rings (SSSR count). The van der Waals surface area contributed by atoms with Crippen molar-refractivity contribution in [2.75, 3.05) is 17.7 Å². The fourth-order valence-corrected chi connectivity index (χ4v) is 2.69. The van der Waals surface area contributed by atoms with E-state index in [1.54, 1.807) is 32.2 Å². The molecule has 0 unspecified atom stereocenters. The molecule has 0 spiro atoms. The lowest BCUT2D eigenvalue weighted by atomic mass is 10.1. The Morgan fingerprint density at radius 2 is 1.85 bits per heavy atom. The molecule has 0 aliphatic rings. The van der Waals surface area contributed by atoms with Gasteiger partial charge in [-0.15, -0.1) is 0 Å². The van der Waals surface area contributed by atoms with Gasteiger partial charge in [0.25, 0.3) is 5.91 Å². The molecular formula is C20H18FN3O3. The first kappa shape index (κ1) is 18.3. The Morgan fingerprint density at radius 1 is 1.07 bits per heavy atom. The molecule has 27 heavy (non-hydrogen) atoms. The number of carbonyl (C=O) groups is 2. The van der Waals surface area contributed by atoms with E-state index in [2.05, 4.69) is 15.6 Å². The summed E-state index contributed by atoms with van der Waals surface area (Å²) in [6, 6.07) is 11.1. The second-order valence-electron chi connectivity index (χ2n) is 6.01. The summed E-state index contributed by atoms with van der Waals surface area (Å²) < 4.78 is 18.9. The molecule has 6 nitrogen and oxygen atoms in total. The van der Waals surface area contributed by atoms with E-state index in [4.69, 9.17) is 4.74 Å². The highest BCUT2D eigenvalue weighted by Gasteiger charge is 2.14. The average molecular weight is 367 g/mol. The molecule has 0 aliphatic heterocycles. The second-order valence-corrected chi connectivity index (χ2v) is 6.01. The van der Waals surface area contributed by atoms with Crippen molar-refractivity contribution in [2.45, 2.75) is 13.8 Å². The van der Waals surface area contributed by atoms with Crippen LogP contribution >= 0.6 is 0 Å². The number of amides is 2. The molecule has 0 radical (unpaired) electrons. The van der Waals surface area contributed by atoms with Gasteiger partial charge in [0, 0.05) is 24.1 Å². The lowest BCUT2D eigenvalue weighted by molar-refractivity contribution is -0.114. The Hall–Kier alpha value is -3.48. The number of ether oxygens (including phenoxy) is 1. The summed E-state index contributed by atoms with van der Waals surface area (Å²) in [5.41, 5.74) is 2.04. The zero-order chi connectivity index (χ0) is 19.6. The highest BCUT2D eigenvalue weighted by molar-refractivity contribution is 6.07. The molecule has 2 N–H and O–H groups in total. The Labute approximate surface area is 155 Å². The number of nitrogens with zero attached hydrogens (tertiary/aromatic N) is 1. The Kier molecular flexibility index (Phi) is 5.03. The number of methoxy groups -OCH3 is 1. The molecule has 0 fully saturated rings. The number of carbonyl (C=O) groups excluding carboxylic acids is 2. The number of rotatable bonds is 4. The molecule has 0 saturated heterocycles. The van der Waals surface area contributed by atoms with Crippen molar-refractivity contribution in [1.82, 2.24) is 4.98 Å². The number of hydrogen-bond acceptors (Lipinski definition) is 4. The van der Waals surface area contributed by atoms with Crippen molar-refractivity contribution in [3.63, 3.8) is 0 Å². The van der Waals surface area contributed by atoms with Gasteiger partial charge in [-0.25, -0.2) is 4.39 Å². The number of hydrogen-bond donors (Lipinski definition) is 2. The zero-order valence-corrected chi connectivity index (χ0v) is 15.1. The topological polar surface area (TPSA) is 80.3 Å². The minimum absolute atomic E-state index is 0.000698. The highest BCUT2D eigenvalue weighted by Crippen LogP contribution is 2.24. The van der Waals surface area contributed by atoms with E-state index in [1.165, 1.54) is 25.1 Å². The van der Waals surface area contributed by atoms with Crippen LogP contribution in [0.5, 0.6) is 5.75 Å². The summed E-state index contributed by atoms with van der Waals surface area (Å²) >= 11 is 0. The van der Waals surface area contributed by atoms with Gasteiger partial charge >= 0.3 is 0 Å². The van der Waals surface area contributed by atoms with Crippen molar-refractivity contribution < 1.29 is 18.7 Å². The molecule has 0 aliphatic carbocycles. The number of fused-ring (bicyclic) bond motifs is 1. The first-order chi connectivity index (χ1) is 12.9. The molecule has 2 amide bonds. The smallest absolute Gasteiger partial charge is 0.257 e. The summed E-state index contributed by atoms with van der Waals surface area (Å²) in [6.07, 6.45) is 0. The minimum Gasteiger partial charge on any atom is -0.497 e. The SMILES string of the molecule is COc1ccc2cc(C(=O)Nc3ccc(F)c(NC(C)=O)c3)c(C)nc2c1. The molecule has 0 atom stereocenters. The van der Waals surface area contributed by atoms with Crippen LogP contribution in [0.2, 0.25) is 0 Å². The van der Waals surface area contributed by atoms with Crippen LogP contribution in [-0.4, -0.2) is 23.9 Å². The van der Waals surface area contributed by atoms with E-state index < -0.39 is 11.7 Å². The molecule has 0 bridgehead atoms. The average Bonchev–Trinajstić information content (AvgIpc) is 2.62. The molecule has 1 aromatic heterocycles. The molecular weight excluding hydrogens is 349 g/mol. The van der Waals surface area contributed by atoms with Crippen LogP contribution in [0.4, 0.5) is 15.8 Å². The maximum atomic E-state index is 13.7. The summed E-state index contributed by atoms with van der Waals surface area (Å²) in [7, 11) is 1.58. The van der Waals surface area contributed by atoms with Crippen LogP contribution in [0.1, 0.15) is 23.0 Å². The largest absolute Gasteiger partial charge is 0.497 e. The number of anilines is 2.